The minimum atomic E-state index is -3.66. The van der Waals surface area contributed by atoms with E-state index in [1.165, 1.54) is 11.2 Å². The Bertz CT molecular complexity index is 796. The molecule has 1 aromatic heterocycles. The number of benzene rings is 1. The van der Waals surface area contributed by atoms with E-state index < -0.39 is 10.0 Å². The minimum Gasteiger partial charge on any atom is -0.340 e. The lowest BCUT2D eigenvalue weighted by Gasteiger charge is -2.32. The van der Waals surface area contributed by atoms with Crippen LogP contribution in [0.2, 0.25) is 0 Å². The van der Waals surface area contributed by atoms with Crippen molar-refractivity contribution in [1.82, 2.24) is 18.6 Å². The second-order valence-corrected chi connectivity index (χ2v) is 8.02. The lowest BCUT2D eigenvalue weighted by molar-refractivity contribution is -0.129. The number of hydrogen-bond acceptors (Lipinski definition) is 6. The summed E-state index contributed by atoms with van der Waals surface area (Å²) < 4.78 is 30.8. The highest BCUT2D eigenvalue weighted by molar-refractivity contribution is 7.91. The molecular weight excluding hydrogens is 336 g/mol. The van der Waals surface area contributed by atoms with Gasteiger partial charge in [0, 0.05) is 38.7 Å². The number of hydrogen-bond donors (Lipinski definition) is 0. The quantitative estimate of drug-likeness (QED) is 0.825. The number of nitrogens with zero attached hydrogens (tertiary/aromatic N) is 4. The Balaban J connectivity index is 1.79. The van der Waals surface area contributed by atoms with Gasteiger partial charge in [0.1, 0.15) is 0 Å². The van der Waals surface area contributed by atoms with Gasteiger partial charge in [-0.2, -0.15) is 8.68 Å². The van der Waals surface area contributed by atoms with Crippen molar-refractivity contribution < 1.29 is 13.2 Å². The second kappa shape index (κ2) is 6.34. The van der Waals surface area contributed by atoms with Gasteiger partial charge in [-0.3, -0.25) is 4.79 Å². The van der Waals surface area contributed by atoms with E-state index >= 15 is 0 Å². The molecule has 1 saturated heterocycles. The monoisotopic (exact) mass is 352 g/mol. The second-order valence-electron chi connectivity index (χ2n) is 5.16. The number of carbonyl (C=O) groups is 1. The fraction of sp³-hybridized carbons (Fsp3) is 0.357. The van der Waals surface area contributed by atoms with Gasteiger partial charge in [-0.05, 0) is 11.5 Å². The molecular formula is C14H16N4O3S2. The first kappa shape index (κ1) is 16.0. The molecule has 0 unspecified atom stereocenters. The lowest BCUT2D eigenvalue weighted by atomic mass is 10.2. The van der Waals surface area contributed by atoms with E-state index in [-0.39, 0.29) is 23.3 Å². The third kappa shape index (κ3) is 3.26. The molecule has 9 heteroatoms. The largest absolute Gasteiger partial charge is 0.340 e. The number of sulfonamides is 1. The Morgan fingerprint density at radius 1 is 1.13 bits per heavy atom. The van der Waals surface area contributed by atoms with Gasteiger partial charge >= 0.3 is 0 Å². The van der Waals surface area contributed by atoms with Gasteiger partial charge in [0.05, 0.1) is 0 Å². The summed E-state index contributed by atoms with van der Waals surface area (Å²) in [5, 5.41) is 0. The standard InChI is InChI=1S/C14H16N4O3S2/c1-11(19)17-7-9-18(10-8-17)23(20,21)14-15-13(16-22-14)12-5-3-2-4-6-12/h2-6H,7-10H2,1H3. The first-order valence-electron chi connectivity index (χ1n) is 7.13. The van der Waals surface area contributed by atoms with Crippen molar-refractivity contribution in [2.45, 2.75) is 11.3 Å². The van der Waals surface area contributed by atoms with Crippen LogP contribution in [0.1, 0.15) is 6.92 Å². The zero-order valence-electron chi connectivity index (χ0n) is 12.5. The molecule has 0 N–H and O–H groups in total. The van der Waals surface area contributed by atoms with Gasteiger partial charge in [-0.25, -0.2) is 13.4 Å². The highest BCUT2D eigenvalue weighted by Gasteiger charge is 2.32. The summed E-state index contributed by atoms with van der Waals surface area (Å²) in [7, 11) is -3.66. The molecule has 7 nitrogen and oxygen atoms in total. The highest BCUT2D eigenvalue weighted by Crippen LogP contribution is 2.24. The zero-order chi connectivity index (χ0) is 16.4. The number of rotatable bonds is 3. The summed E-state index contributed by atoms with van der Waals surface area (Å²) in [5.74, 6) is 0.376. The smallest absolute Gasteiger partial charge is 0.272 e. The SMILES string of the molecule is CC(=O)N1CCN(S(=O)(=O)c2nc(-c3ccccc3)ns2)CC1. The van der Waals surface area contributed by atoms with Gasteiger partial charge in [0.15, 0.2) is 5.82 Å². The zero-order valence-corrected chi connectivity index (χ0v) is 14.2. The van der Waals surface area contributed by atoms with E-state index in [1.54, 1.807) is 4.90 Å². The molecule has 0 saturated carbocycles. The Morgan fingerprint density at radius 2 is 1.78 bits per heavy atom. The van der Waals surface area contributed by atoms with Crippen LogP contribution in [0, 0.1) is 0 Å². The first-order chi connectivity index (χ1) is 11.0. The number of piperazine rings is 1. The van der Waals surface area contributed by atoms with E-state index in [2.05, 4.69) is 9.36 Å². The molecule has 3 rings (SSSR count). The van der Waals surface area contributed by atoms with E-state index in [9.17, 15) is 13.2 Å². The molecule has 1 fully saturated rings. The average molecular weight is 352 g/mol. The molecule has 122 valence electrons. The normalized spacial score (nSPS) is 16.5. The summed E-state index contributed by atoms with van der Waals surface area (Å²) in [5.41, 5.74) is 0.784. The summed E-state index contributed by atoms with van der Waals surface area (Å²) in [6.07, 6.45) is 0. The van der Waals surface area contributed by atoms with E-state index in [4.69, 9.17) is 0 Å². The van der Waals surface area contributed by atoms with E-state index in [1.807, 2.05) is 30.3 Å². The van der Waals surface area contributed by atoms with Crippen LogP contribution < -0.4 is 0 Å². The van der Waals surface area contributed by atoms with Crippen molar-refractivity contribution in [3.8, 4) is 11.4 Å². The number of aromatic nitrogens is 2. The predicted molar refractivity (Wildman–Crippen MR) is 86.4 cm³/mol. The van der Waals surface area contributed by atoms with Gasteiger partial charge in [-0.1, -0.05) is 30.3 Å². The van der Waals surface area contributed by atoms with Crippen molar-refractivity contribution in [3.05, 3.63) is 30.3 Å². The molecule has 1 aliphatic heterocycles. The predicted octanol–water partition coefficient (Wildman–Crippen LogP) is 1.06. The minimum absolute atomic E-state index is 0.00683. The van der Waals surface area contributed by atoms with Gasteiger partial charge < -0.3 is 4.90 Å². The maximum Gasteiger partial charge on any atom is 0.272 e. The molecule has 0 spiro atoms. The molecule has 0 aliphatic carbocycles. The molecule has 1 amide bonds. The Hall–Kier alpha value is -1.84. The van der Waals surface area contributed by atoms with E-state index in [0.717, 1.165) is 17.1 Å². The highest BCUT2D eigenvalue weighted by atomic mass is 32.2. The van der Waals surface area contributed by atoms with Gasteiger partial charge in [0.2, 0.25) is 10.2 Å². The number of amides is 1. The summed E-state index contributed by atoms with van der Waals surface area (Å²) in [6, 6.07) is 9.26. The van der Waals surface area contributed by atoms with Gasteiger partial charge in [0.25, 0.3) is 10.0 Å². The van der Waals surface area contributed by atoms with E-state index in [0.29, 0.717) is 18.9 Å². The van der Waals surface area contributed by atoms with Crippen molar-refractivity contribution >= 4 is 27.5 Å². The van der Waals surface area contributed by atoms with Crippen molar-refractivity contribution in [1.29, 1.82) is 0 Å². The fourth-order valence-corrected chi connectivity index (χ4v) is 4.68. The molecule has 0 radical (unpaired) electrons. The van der Waals surface area contributed by atoms with Crippen molar-refractivity contribution in [3.63, 3.8) is 0 Å². The van der Waals surface area contributed by atoms with Crippen LogP contribution in [0.4, 0.5) is 0 Å². The van der Waals surface area contributed by atoms with Gasteiger partial charge in [-0.15, -0.1) is 0 Å². The van der Waals surface area contributed by atoms with Crippen molar-refractivity contribution in [2.75, 3.05) is 26.2 Å². The summed E-state index contributed by atoms with van der Waals surface area (Å²) in [6.45, 7) is 2.85. The summed E-state index contributed by atoms with van der Waals surface area (Å²) >= 11 is 0.881. The molecule has 2 heterocycles. The molecule has 23 heavy (non-hydrogen) atoms. The van der Waals surface area contributed by atoms with Crippen LogP contribution in [-0.4, -0.2) is 59.1 Å². The average Bonchev–Trinajstić information content (AvgIpc) is 3.06. The van der Waals surface area contributed by atoms with Crippen LogP contribution in [0.25, 0.3) is 11.4 Å². The maximum atomic E-state index is 12.6. The molecule has 1 aromatic carbocycles. The van der Waals surface area contributed by atoms with Crippen LogP contribution in [0.3, 0.4) is 0 Å². The topological polar surface area (TPSA) is 83.5 Å². The summed E-state index contributed by atoms with van der Waals surface area (Å²) in [4.78, 5) is 17.1. The third-order valence-corrected chi connectivity index (χ3v) is 6.63. The molecule has 1 aliphatic rings. The Kier molecular flexibility index (Phi) is 4.42. The van der Waals surface area contributed by atoms with Crippen LogP contribution >= 0.6 is 11.5 Å². The Morgan fingerprint density at radius 3 is 2.39 bits per heavy atom. The fourth-order valence-electron chi connectivity index (χ4n) is 2.37. The number of carbonyl (C=O) groups excluding carboxylic acids is 1. The van der Waals surface area contributed by atoms with Crippen molar-refractivity contribution in [2.24, 2.45) is 0 Å². The van der Waals surface area contributed by atoms with Crippen LogP contribution in [0.5, 0.6) is 0 Å². The van der Waals surface area contributed by atoms with Crippen LogP contribution in [0.15, 0.2) is 34.7 Å². The van der Waals surface area contributed by atoms with Crippen LogP contribution in [-0.2, 0) is 14.8 Å². The third-order valence-electron chi connectivity index (χ3n) is 3.68. The maximum absolute atomic E-state index is 12.6. The first-order valence-corrected chi connectivity index (χ1v) is 9.34. The Labute approximate surface area is 138 Å². The molecule has 0 atom stereocenters. The molecule has 2 aromatic rings. The molecule has 0 bridgehead atoms. The lowest BCUT2D eigenvalue weighted by Crippen LogP contribution is -2.49.